The van der Waals surface area contributed by atoms with Gasteiger partial charge in [0.05, 0.1) is 0 Å². The molecular weight excluding hydrogens is 212 g/mol. The molecule has 0 amide bonds. The van der Waals surface area contributed by atoms with Gasteiger partial charge < -0.3 is 4.89 Å². The van der Waals surface area contributed by atoms with Gasteiger partial charge in [-0.05, 0) is 24.1 Å². The summed E-state index contributed by atoms with van der Waals surface area (Å²) >= 11 is 0. The molecule has 0 aliphatic carbocycles. The average Bonchev–Trinajstić information content (AvgIpc) is 2.36. The molecule has 0 N–H and O–H groups in total. The van der Waals surface area contributed by atoms with Crippen molar-refractivity contribution in [2.45, 2.75) is 19.4 Å². The molecule has 3 rings (SSSR count). The Labute approximate surface area is 101 Å². The van der Waals surface area contributed by atoms with E-state index in [0.29, 0.717) is 0 Å². The number of benzene rings is 2. The van der Waals surface area contributed by atoms with Gasteiger partial charge >= 0.3 is 0 Å². The Morgan fingerprint density at radius 3 is 2.53 bits per heavy atom. The molecule has 0 bridgehead atoms. The molecule has 17 heavy (non-hydrogen) atoms. The number of fused-ring (bicyclic) bond motifs is 3. The Balaban J connectivity index is 2.20. The van der Waals surface area contributed by atoms with Gasteiger partial charge in [0.15, 0.2) is 5.75 Å². The minimum absolute atomic E-state index is 0.0597. The summed E-state index contributed by atoms with van der Waals surface area (Å²) in [6, 6.07) is 16.4. The van der Waals surface area contributed by atoms with Crippen LogP contribution >= 0.6 is 0 Å². The third-order valence-electron chi connectivity index (χ3n) is 3.00. The maximum absolute atomic E-state index is 5.40. The number of para-hydroxylation sites is 1. The largest absolute Gasteiger partial charge is 0.337 e. The molecule has 0 fully saturated rings. The molecule has 2 aromatic carbocycles. The molecule has 86 valence electrons. The topological polar surface area (TPSA) is 18.5 Å². The number of hydrogen-bond donors (Lipinski definition) is 0. The van der Waals surface area contributed by atoms with Crippen molar-refractivity contribution in [1.82, 2.24) is 0 Å². The zero-order valence-corrected chi connectivity index (χ0v) is 9.72. The molecule has 0 spiro atoms. The normalized spacial score (nSPS) is 18.3. The van der Waals surface area contributed by atoms with Crippen LogP contribution < -0.4 is 4.89 Å². The van der Waals surface area contributed by atoms with E-state index in [1.807, 2.05) is 25.1 Å². The summed E-state index contributed by atoms with van der Waals surface area (Å²) in [6.07, 6.45) is 0.925. The van der Waals surface area contributed by atoms with Gasteiger partial charge in [-0.25, -0.2) is 0 Å². The van der Waals surface area contributed by atoms with Gasteiger partial charge in [-0.15, -0.1) is 0 Å². The molecule has 0 radical (unpaired) electrons. The highest BCUT2D eigenvalue weighted by atomic mass is 17.2. The van der Waals surface area contributed by atoms with Gasteiger partial charge in [0.1, 0.15) is 6.10 Å². The molecular formula is C15H14O2. The van der Waals surface area contributed by atoms with E-state index in [1.165, 1.54) is 11.1 Å². The smallest absolute Gasteiger partial charge is 0.173 e. The summed E-state index contributed by atoms with van der Waals surface area (Å²) in [5, 5.41) is 0. The molecule has 0 saturated carbocycles. The molecule has 2 heteroatoms. The first-order valence-electron chi connectivity index (χ1n) is 5.85. The van der Waals surface area contributed by atoms with E-state index in [0.717, 1.165) is 17.7 Å². The first-order valence-corrected chi connectivity index (χ1v) is 5.85. The van der Waals surface area contributed by atoms with Gasteiger partial charge in [-0.3, -0.25) is 0 Å². The van der Waals surface area contributed by atoms with Crippen LogP contribution in [0.1, 0.15) is 12.5 Å². The monoisotopic (exact) mass is 226 g/mol. The second kappa shape index (κ2) is 4.22. The van der Waals surface area contributed by atoms with Crippen LogP contribution in [0.4, 0.5) is 0 Å². The molecule has 1 aliphatic rings. The molecule has 1 atom stereocenters. The minimum atomic E-state index is 0.0597. The van der Waals surface area contributed by atoms with Crippen molar-refractivity contribution in [3.05, 3.63) is 54.1 Å². The van der Waals surface area contributed by atoms with Crippen LogP contribution in [0.2, 0.25) is 0 Å². The highest BCUT2D eigenvalue weighted by molar-refractivity contribution is 5.73. The third-order valence-corrected chi connectivity index (χ3v) is 3.00. The second-order valence-corrected chi connectivity index (χ2v) is 4.35. The zero-order valence-electron chi connectivity index (χ0n) is 9.72. The first-order chi connectivity index (χ1) is 8.34. The fraction of sp³-hybridized carbons (Fsp3) is 0.200. The van der Waals surface area contributed by atoms with Crippen molar-refractivity contribution < 1.29 is 9.78 Å². The van der Waals surface area contributed by atoms with E-state index >= 15 is 0 Å². The lowest BCUT2D eigenvalue weighted by Crippen LogP contribution is -2.17. The molecule has 1 aliphatic heterocycles. The quantitative estimate of drug-likeness (QED) is 0.639. The predicted octanol–water partition coefficient (Wildman–Crippen LogP) is 3.61. The molecule has 2 nitrogen and oxygen atoms in total. The SMILES string of the molecule is CC1Cc2ccccc2-c2ccccc2OO1. The Bertz CT molecular complexity index is 534. The van der Waals surface area contributed by atoms with Gasteiger partial charge in [0, 0.05) is 12.0 Å². The van der Waals surface area contributed by atoms with Crippen molar-refractivity contribution in [2.75, 3.05) is 0 Å². The molecule has 1 unspecified atom stereocenters. The molecule has 0 saturated heterocycles. The van der Waals surface area contributed by atoms with E-state index in [9.17, 15) is 0 Å². The zero-order chi connectivity index (χ0) is 11.7. The fourth-order valence-electron chi connectivity index (χ4n) is 2.20. The van der Waals surface area contributed by atoms with Crippen LogP contribution in [0.5, 0.6) is 5.75 Å². The van der Waals surface area contributed by atoms with Crippen molar-refractivity contribution in [3.63, 3.8) is 0 Å². The van der Waals surface area contributed by atoms with Crippen LogP contribution in [0, 0.1) is 0 Å². The molecule has 1 heterocycles. The van der Waals surface area contributed by atoms with Crippen LogP contribution in [0.25, 0.3) is 11.1 Å². The summed E-state index contributed by atoms with van der Waals surface area (Å²) in [6.45, 7) is 2.02. The number of rotatable bonds is 0. The Morgan fingerprint density at radius 1 is 0.941 bits per heavy atom. The maximum atomic E-state index is 5.40. The lowest BCUT2D eigenvalue weighted by Gasteiger charge is -2.20. The summed E-state index contributed by atoms with van der Waals surface area (Å²) in [7, 11) is 0. The summed E-state index contributed by atoms with van der Waals surface area (Å²) < 4.78 is 0. The van der Waals surface area contributed by atoms with Crippen molar-refractivity contribution >= 4 is 0 Å². The maximum Gasteiger partial charge on any atom is 0.173 e. The fourth-order valence-corrected chi connectivity index (χ4v) is 2.20. The summed E-state index contributed by atoms with van der Waals surface area (Å²) in [4.78, 5) is 10.8. The first kappa shape index (κ1) is 10.4. The van der Waals surface area contributed by atoms with Crippen molar-refractivity contribution in [2.24, 2.45) is 0 Å². The van der Waals surface area contributed by atoms with Crippen LogP contribution in [-0.4, -0.2) is 6.10 Å². The molecule has 2 aromatic rings. The lowest BCUT2D eigenvalue weighted by molar-refractivity contribution is -0.239. The predicted molar refractivity (Wildman–Crippen MR) is 66.8 cm³/mol. The Morgan fingerprint density at radius 2 is 1.65 bits per heavy atom. The van der Waals surface area contributed by atoms with Gasteiger partial charge in [0.2, 0.25) is 0 Å². The average molecular weight is 226 g/mol. The lowest BCUT2D eigenvalue weighted by atomic mass is 9.95. The van der Waals surface area contributed by atoms with E-state index in [2.05, 4.69) is 30.3 Å². The Kier molecular flexibility index (Phi) is 2.57. The minimum Gasteiger partial charge on any atom is -0.337 e. The van der Waals surface area contributed by atoms with Crippen LogP contribution in [0.15, 0.2) is 48.5 Å². The van der Waals surface area contributed by atoms with E-state index in [4.69, 9.17) is 9.78 Å². The number of hydrogen-bond acceptors (Lipinski definition) is 2. The summed E-state index contributed by atoms with van der Waals surface area (Å²) in [5.41, 5.74) is 3.63. The van der Waals surface area contributed by atoms with Crippen LogP contribution in [-0.2, 0) is 11.3 Å². The third kappa shape index (κ3) is 1.92. The van der Waals surface area contributed by atoms with Gasteiger partial charge in [-0.1, -0.05) is 42.5 Å². The second-order valence-electron chi connectivity index (χ2n) is 4.35. The molecule has 0 aromatic heterocycles. The highest BCUT2D eigenvalue weighted by Gasteiger charge is 2.17. The van der Waals surface area contributed by atoms with Crippen molar-refractivity contribution in [1.29, 1.82) is 0 Å². The van der Waals surface area contributed by atoms with E-state index < -0.39 is 0 Å². The van der Waals surface area contributed by atoms with Gasteiger partial charge in [0.25, 0.3) is 0 Å². The highest BCUT2D eigenvalue weighted by Crippen LogP contribution is 2.34. The Hall–Kier alpha value is -1.80. The summed E-state index contributed by atoms with van der Waals surface area (Å²) in [5.74, 6) is 0.784. The van der Waals surface area contributed by atoms with E-state index in [1.54, 1.807) is 0 Å². The van der Waals surface area contributed by atoms with Gasteiger partial charge in [-0.2, -0.15) is 4.89 Å². The standard InChI is InChI=1S/C15H14O2/c1-11-10-12-6-2-3-7-13(12)14-8-4-5-9-15(14)17-16-11/h2-9,11H,10H2,1H3. The van der Waals surface area contributed by atoms with Crippen molar-refractivity contribution in [3.8, 4) is 16.9 Å². The van der Waals surface area contributed by atoms with E-state index in [-0.39, 0.29) is 6.10 Å². The van der Waals surface area contributed by atoms with Crippen LogP contribution in [0.3, 0.4) is 0 Å².